The molecule has 0 spiro atoms. The zero-order valence-corrected chi connectivity index (χ0v) is 11.8. The van der Waals surface area contributed by atoms with Gasteiger partial charge in [0.15, 0.2) is 5.15 Å². The fraction of sp³-hybridized carbons (Fsp3) is 0.167. The molecule has 1 atom stereocenters. The molecule has 0 aliphatic rings. The van der Waals surface area contributed by atoms with E-state index in [1.165, 1.54) is 0 Å². The van der Waals surface area contributed by atoms with Crippen LogP contribution in [0.25, 0.3) is 0 Å². The van der Waals surface area contributed by atoms with Gasteiger partial charge in [0.05, 0.1) is 6.04 Å². The van der Waals surface area contributed by atoms with Crippen LogP contribution >= 0.6 is 34.7 Å². The number of rotatable bonds is 3. The maximum absolute atomic E-state index is 12.0. The molecule has 1 aromatic carbocycles. The van der Waals surface area contributed by atoms with Crippen molar-refractivity contribution in [1.29, 1.82) is 0 Å². The number of benzene rings is 1. The van der Waals surface area contributed by atoms with Crippen LogP contribution in [0.15, 0.2) is 30.3 Å². The molecule has 3 nitrogen and oxygen atoms in total. The van der Waals surface area contributed by atoms with Gasteiger partial charge in [0.1, 0.15) is 9.90 Å². The predicted octanol–water partition coefficient (Wildman–Crippen LogP) is 3.94. The molecule has 0 saturated heterocycles. The van der Waals surface area contributed by atoms with Gasteiger partial charge in [-0.2, -0.15) is 4.37 Å². The number of hydrogen-bond donors (Lipinski definition) is 1. The summed E-state index contributed by atoms with van der Waals surface area (Å²) < 4.78 is 3.83. The Balaban J connectivity index is 2.11. The van der Waals surface area contributed by atoms with Gasteiger partial charge in [-0.3, -0.25) is 4.79 Å². The lowest BCUT2D eigenvalue weighted by molar-refractivity contribution is 0.0944. The molecule has 2 aromatic rings. The summed E-state index contributed by atoms with van der Waals surface area (Å²) in [5, 5.41) is 3.23. The first kappa shape index (κ1) is 13.3. The van der Waals surface area contributed by atoms with Gasteiger partial charge in [0.25, 0.3) is 5.91 Å². The molecular weight excluding hydrogens is 291 g/mol. The third-order valence-electron chi connectivity index (χ3n) is 2.45. The van der Waals surface area contributed by atoms with Crippen molar-refractivity contribution in [2.75, 3.05) is 0 Å². The number of halogens is 2. The number of nitrogens with one attached hydrogen (secondary N) is 1. The lowest BCUT2D eigenvalue weighted by Crippen LogP contribution is -2.26. The quantitative estimate of drug-likeness (QED) is 0.933. The molecule has 1 amide bonds. The maximum Gasteiger partial charge on any atom is 0.265 e. The molecule has 18 heavy (non-hydrogen) atoms. The Bertz CT molecular complexity index is 556. The molecule has 0 radical (unpaired) electrons. The third kappa shape index (κ3) is 2.83. The SMILES string of the molecule is CC(NC(=O)c1snc(Cl)c1Cl)c1ccccc1. The molecule has 6 heteroatoms. The van der Waals surface area contributed by atoms with E-state index in [0.717, 1.165) is 17.1 Å². The minimum atomic E-state index is -0.263. The zero-order chi connectivity index (χ0) is 13.1. The molecule has 1 aromatic heterocycles. The number of carbonyl (C=O) groups excluding carboxylic acids is 1. The second-order valence-electron chi connectivity index (χ2n) is 3.72. The van der Waals surface area contributed by atoms with Crippen molar-refractivity contribution >= 4 is 40.6 Å². The normalized spacial score (nSPS) is 12.2. The van der Waals surface area contributed by atoms with Crippen molar-refractivity contribution in [3.8, 4) is 0 Å². The fourth-order valence-corrected chi connectivity index (χ4v) is 2.61. The summed E-state index contributed by atoms with van der Waals surface area (Å²) in [6.45, 7) is 1.91. The monoisotopic (exact) mass is 300 g/mol. The molecular formula is C12H10Cl2N2OS. The van der Waals surface area contributed by atoms with Crippen molar-refractivity contribution in [3.63, 3.8) is 0 Å². The van der Waals surface area contributed by atoms with Crippen LogP contribution in [-0.4, -0.2) is 10.3 Å². The smallest absolute Gasteiger partial charge is 0.265 e. The van der Waals surface area contributed by atoms with Crippen LogP contribution in [-0.2, 0) is 0 Å². The molecule has 0 saturated carbocycles. The van der Waals surface area contributed by atoms with Gasteiger partial charge in [-0.15, -0.1) is 0 Å². The zero-order valence-electron chi connectivity index (χ0n) is 9.48. The van der Waals surface area contributed by atoms with E-state index < -0.39 is 0 Å². The number of aromatic nitrogens is 1. The van der Waals surface area contributed by atoms with E-state index in [9.17, 15) is 4.79 Å². The Kier molecular flexibility index (Phi) is 4.22. The summed E-state index contributed by atoms with van der Waals surface area (Å²) in [6, 6.07) is 9.58. The van der Waals surface area contributed by atoms with Crippen LogP contribution in [0, 0.1) is 0 Å². The van der Waals surface area contributed by atoms with E-state index in [2.05, 4.69) is 9.69 Å². The Morgan fingerprint density at radius 3 is 2.56 bits per heavy atom. The highest BCUT2D eigenvalue weighted by molar-refractivity contribution is 7.09. The van der Waals surface area contributed by atoms with Crippen LogP contribution in [0.4, 0.5) is 0 Å². The molecule has 0 bridgehead atoms. The number of nitrogens with zero attached hydrogens (tertiary/aromatic N) is 1. The third-order valence-corrected chi connectivity index (χ3v) is 4.25. The Morgan fingerprint density at radius 2 is 2.00 bits per heavy atom. The molecule has 0 aliphatic carbocycles. The minimum absolute atomic E-state index is 0.101. The average Bonchev–Trinajstić information content (AvgIpc) is 2.71. The number of hydrogen-bond acceptors (Lipinski definition) is 3. The lowest BCUT2D eigenvalue weighted by Gasteiger charge is -2.13. The average molecular weight is 301 g/mol. The van der Waals surface area contributed by atoms with Crippen LogP contribution in [0.1, 0.15) is 28.2 Å². The molecule has 0 aliphatic heterocycles. The predicted molar refractivity (Wildman–Crippen MR) is 74.5 cm³/mol. The Morgan fingerprint density at radius 1 is 1.33 bits per heavy atom. The standard InChI is InChI=1S/C12H10Cl2N2OS/c1-7(8-5-3-2-4-6-8)15-12(17)10-9(13)11(14)16-18-10/h2-7H,1H3,(H,15,17). The minimum Gasteiger partial charge on any atom is -0.345 e. The fourth-order valence-electron chi connectivity index (χ4n) is 1.49. The Hall–Kier alpha value is -1.10. The maximum atomic E-state index is 12.0. The van der Waals surface area contributed by atoms with Crippen molar-refractivity contribution in [3.05, 3.63) is 50.9 Å². The molecule has 0 fully saturated rings. The first-order valence-electron chi connectivity index (χ1n) is 5.26. The van der Waals surface area contributed by atoms with Crippen LogP contribution in [0.2, 0.25) is 10.2 Å². The Labute approximate surface area is 119 Å². The summed E-state index contributed by atoms with van der Waals surface area (Å²) in [6.07, 6.45) is 0. The van der Waals surface area contributed by atoms with Crippen molar-refractivity contribution in [2.24, 2.45) is 0 Å². The van der Waals surface area contributed by atoms with Crippen molar-refractivity contribution < 1.29 is 4.79 Å². The number of carbonyl (C=O) groups is 1. The second-order valence-corrected chi connectivity index (χ2v) is 5.23. The van der Waals surface area contributed by atoms with Crippen LogP contribution in [0.3, 0.4) is 0 Å². The molecule has 1 heterocycles. The van der Waals surface area contributed by atoms with Gasteiger partial charge < -0.3 is 5.32 Å². The van der Waals surface area contributed by atoms with E-state index in [-0.39, 0.29) is 22.1 Å². The van der Waals surface area contributed by atoms with Crippen molar-refractivity contribution in [1.82, 2.24) is 9.69 Å². The highest BCUT2D eigenvalue weighted by atomic mass is 35.5. The van der Waals surface area contributed by atoms with Crippen molar-refractivity contribution in [2.45, 2.75) is 13.0 Å². The first-order valence-corrected chi connectivity index (χ1v) is 6.79. The van der Waals surface area contributed by atoms with Gasteiger partial charge in [0.2, 0.25) is 0 Å². The summed E-state index contributed by atoms with van der Waals surface area (Å²) in [4.78, 5) is 12.3. The first-order chi connectivity index (χ1) is 8.59. The topological polar surface area (TPSA) is 42.0 Å². The highest BCUT2D eigenvalue weighted by Gasteiger charge is 2.19. The van der Waals surface area contributed by atoms with Crippen LogP contribution < -0.4 is 5.32 Å². The number of amides is 1. The van der Waals surface area contributed by atoms with E-state index in [4.69, 9.17) is 23.2 Å². The van der Waals surface area contributed by atoms with Crippen LogP contribution in [0.5, 0.6) is 0 Å². The molecule has 94 valence electrons. The summed E-state index contributed by atoms with van der Waals surface area (Å²) >= 11 is 12.6. The van der Waals surface area contributed by atoms with Gasteiger partial charge in [0, 0.05) is 0 Å². The summed E-state index contributed by atoms with van der Waals surface area (Å²) in [7, 11) is 0. The molecule has 1 N–H and O–H groups in total. The van der Waals surface area contributed by atoms with Gasteiger partial charge in [-0.25, -0.2) is 0 Å². The van der Waals surface area contributed by atoms with E-state index in [1.54, 1.807) is 0 Å². The van der Waals surface area contributed by atoms with Gasteiger partial charge in [-0.05, 0) is 24.0 Å². The highest BCUT2D eigenvalue weighted by Crippen LogP contribution is 2.28. The van der Waals surface area contributed by atoms with Gasteiger partial charge >= 0.3 is 0 Å². The second kappa shape index (κ2) is 5.69. The molecule has 2 rings (SSSR count). The molecule has 1 unspecified atom stereocenters. The lowest BCUT2D eigenvalue weighted by atomic mass is 10.1. The van der Waals surface area contributed by atoms with E-state index >= 15 is 0 Å². The van der Waals surface area contributed by atoms with E-state index in [1.807, 2.05) is 37.3 Å². The van der Waals surface area contributed by atoms with Gasteiger partial charge in [-0.1, -0.05) is 53.5 Å². The summed E-state index contributed by atoms with van der Waals surface area (Å²) in [5.41, 5.74) is 1.03. The summed E-state index contributed by atoms with van der Waals surface area (Å²) in [5.74, 6) is -0.263. The largest absolute Gasteiger partial charge is 0.345 e. The van der Waals surface area contributed by atoms with E-state index in [0.29, 0.717) is 4.88 Å².